The first-order chi connectivity index (χ1) is 9.88. The number of rotatable bonds is 1. The molecule has 0 aliphatic carbocycles. The SMILES string of the molecule is O=C(c1nc(C(F)(F)F)n2c1CNCC2)N1CC[C@@H](F)C1. The Morgan fingerprint density at radius 3 is 2.71 bits per heavy atom. The molecule has 0 spiro atoms. The quantitative estimate of drug-likeness (QED) is 0.793. The van der Waals surface area contributed by atoms with Gasteiger partial charge in [0.1, 0.15) is 6.17 Å². The first-order valence-electron chi connectivity index (χ1n) is 6.68. The molecule has 1 aromatic rings. The number of alkyl halides is 4. The zero-order chi connectivity index (χ0) is 15.2. The Bertz CT molecular complexity index is 568. The second kappa shape index (κ2) is 4.97. The third-order valence-electron chi connectivity index (χ3n) is 3.75. The van der Waals surface area contributed by atoms with Gasteiger partial charge in [-0.1, -0.05) is 0 Å². The molecule has 21 heavy (non-hydrogen) atoms. The minimum atomic E-state index is -4.61. The van der Waals surface area contributed by atoms with Crippen LogP contribution in [0.5, 0.6) is 0 Å². The topological polar surface area (TPSA) is 50.2 Å². The summed E-state index contributed by atoms with van der Waals surface area (Å²) in [7, 11) is 0. The lowest BCUT2D eigenvalue weighted by Gasteiger charge is -2.20. The first-order valence-corrected chi connectivity index (χ1v) is 6.68. The van der Waals surface area contributed by atoms with Crippen LogP contribution in [0.3, 0.4) is 0 Å². The highest BCUT2D eigenvalue weighted by Gasteiger charge is 2.41. The summed E-state index contributed by atoms with van der Waals surface area (Å²) in [6.45, 7) is 0.768. The number of hydrogen-bond acceptors (Lipinski definition) is 3. The second-order valence-electron chi connectivity index (χ2n) is 5.19. The van der Waals surface area contributed by atoms with E-state index in [-0.39, 0.29) is 44.0 Å². The maximum atomic E-state index is 13.2. The van der Waals surface area contributed by atoms with E-state index in [1.165, 1.54) is 4.90 Å². The molecule has 1 atom stereocenters. The smallest absolute Gasteiger partial charge is 0.334 e. The molecule has 116 valence electrons. The molecular weight excluding hydrogens is 292 g/mol. The van der Waals surface area contributed by atoms with E-state index < -0.39 is 24.1 Å². The fraction of sp³-hybridized carbons (Fsp3) is 0.667. The zero-order valence-corrected chi connectivity index (χ0v) is 11.1. The van der Waals surface area contributed by atoms with Gasteiger partial charge >= 0.3 is 6.18 Å². The van der Waals surface area contributed by atoms with Gasteiger partial charge in [-0.3, -0.25) is 4.79 Å². The number of imidazole rings is 1. The molecule has 1 N–H and O–H groups in total. The van der Waals surface area contributed by atoms with E-state index in [4.69, 9.17) is 0 Å². The van der Waals surface area contributed by atoms with Crippen LogP contribution in [0.25, 0.3) is 0 Å². The van der Waals surface area contributed by atoms with Crippen LogP contribution >= 0.6 is 0 Å². The fourth-order valence-electron chi connectivity index (χ4n) is 2.74. The lowest BCUT2D eigenvalue weighted by molar-refractivity contribution is -0.147. The van der Waals surface area contributed by atoms with Crippen LogP contribution in [0.1, 0.15) is 28.4 Å². The number of nitrogens with one attached hydrogen (secondary N) is 1. The summed E-state index contributed by atoms with van der Waals surface area (Å²) in [5.41, 5.74) is 0.00417. The lowest BCUT2D eigenvalue weighted by atomic mass is 10.2. The Morgan fingerprint density at radius 1 is 1.33 bits per heavy atom. The molecule has 0 bridgehead atoms. The number of likely N-dealkylation sites (tertiary alicyclic amines) is 1. The summed E-state index contributed by atoms with van der Waals surface area (Å²) < 4.78 is 53.2. The third kappa shape index (κ3) is 2.50. The van der Waals surface area contributed by atoms with Gasteiger partial charge in [0.15, 0.2) is 5.69 Å². The largest absolute Gasteiger partial charge is 0.449 e. The number of halogens is 4. The normalized spacial score (nSPS) is 22.5. The molecule has 9 heteroatoms. The van der Waals surface area contributed by atoms with Crippen molar-refractivity contribution in [3.05, 3.63) is 17.2 Å². The van der Waals surface area contributed by atoms with Crippen LogP contribution in [0, 0.1) is 0 Å². The molecular formula is C12H14F4N4O. The van der Waals surface area contributed by atoms with Crippen molar-refractivity contribution in [1.29, 1.82) is 0 Å². The number of fused-ring (bicyclic) bond motifs is 1. The molecule has 5 nitrogen and oxygen atoms in total. The molecule has 0 radical (unpaired) electrons. The Hall–Kier alpha value is -1.64. The lowest BCUT2D eigenvalue weighted by Crippen LogP contribution is -2.33. The predicted octanol–water partition coefficient (Wildman–Crippen LogP) is 1.19. The highest BCUT2D eigenvalue weighted by molar-refractivity contribution is 5.94. The summed E-state index contributed by atoms with van der Waals surface area (Å²) in [6, 6.07) is 0. The standard InChI is InChI=1S/C12H14F4N4O/c13-7-1-3-19(6-7)10(21)9-8-5-17-2-4-20(8)11(18-9)12(14,15)16/h7,17H,1-6H2/t7-/m1/s1. The van der Waals surface area contributed by atoms with E-state index in [2.05, 4.69) is 10.3 Å². The van der Waals surface area contributed by atoms with Crippen molar-refractivity contribution in [1.82, 2.24) is 19.8 Å². The molecule has 1 saturated heterocycles. The van der Waals surface area contributed by atoms with E-state index in [0.29, 0.717) is 6.54 Å². The summed E-state index contributed by atoms with van der Waals surface area (Å²) in [5, 5.41) is 2.93. The van der Waals surface area contributed by atoms with Crippen LogP contribution in [0.2, 0.25) is 0 Å². The van der Waals surface area contributed by atoms with Gasteiger partial charge in [0, 0.05) is 26.2 Å². The van der Waals surface area contributed by atoms with Gasteiger partial charge in [0.2, 0.25) is 5.82 Å². The van der Waals surface area contributed by atoms with Crippen molar-refractivity contribution in [3.8, 4) is 0 Å². The van der Waals surface area contributed by atoms with Crippen molar-refractivity contribution in [3.63, 3.8) is 0 Å². The molecule has 1 amide bonds. The number of carbonyl (C=O) groups excluding carboxylic acids is 1. The Labute approximate surface area is 117 Å². The first kappa shape index (κ1) is 14.3. The van der Waals surface area contributed by atoms with Gasteiger partial charge in [-0.2, -0.15) is 13.2 Å². The van der Waals surface area contributed by atoms with Crippen LogP contribution in [-0.4, -0.2) is 46.2 Å². The minimum Gasteiger partial charge on any atom is -0.334 e. The molecule has 3 rings (SSSR count). The van der Waals surface area contributed by atoms with Gasteiger partial charge in [-0.05, 0) is 6.42 Å². The molecule has 0 aromatic carbocycles. The molecule has 2 aliphatic rings. The van der Waals surface area contributed by atoms with E-state index in [9.17, 15) is 22.4 Å². The predicted molar refractivity (Wildman–Crippen MR) is 64.4 cm³/mol. The number of carbonyl (C=O) groups is 1. The zero-order valence-electron chi connectivity index (χ0n) is 11.1. The van der Waals surface area contributed by atoms with E-state index in [1.807, 2.05) is 0 Å². The number of hydrogen-bond donors (Lipinski definition) is 1. The average Bonchev–Trinajstić information content (AvgIpc) is 3.01. The van der Waals surface area contributed by atoms with Crippen LogP contribution in [-0.2, 0) is 19.3 Å². The van der Waals surface area contributed by atoms with Gasteiger partial charge in [-0.25, -0.2) is 9.37 Å². The maximum Gasteiger partial charge on any atom is 0.449 e. The fourth-order valence-corrected chi connectivity index (χ4v) is 2.74. The number of nitrogens with zero attached hydrogens (tertiary/aromatic N) is 3. The summed E-state index contributed by atoms with van der Waals surface area (Å²) in [5.74, 6) is -1.68. The molecule has 2 aliphatic heterocycles. The molecule has 1 fully saturated rings. The monoisotopic (exact) mass is 306 g/mol. The van der Waals surface area contributed by atoms with E-state index >= 15 is 0 Å². The van der Waals surface area contributed by atoms with Crippen LogP contribution < -0.4 is 5.32 Å². The summed E-state index contributed by atoms with van der Waals surface area (Å²) in [4.78, 5) is 17.0. The number of amides is 1. The highest BCUT2D eigenvalue weighted by Crippen LogP contribution is 2.32. The van der Waals surface area contributed by atoms with Crippen LogP contribution in [0.4, 0.5) is 17.6 Å². The van der Waals surface area contributed by atoms with Crippen molar-refractivity contribution in [2.24, 2.45) is 0 Å². The van der Waals surface area contributed by atoms with Crippen molar-refractivity contribution < 1.29 is 22.4 Å². The Kier molecular flexibility index (Phi) is 3.39. The van der Waals surface area contributed by atoms with E-state index in [0.717, 1.165) is 4.57 Å². The molecule has 1 aromatic heterocycles. The summed E-state index contributed by atoms with van der Waals surface area (Å²) in [6.07, 6.45) is -5.52. The number of aromatic nitrogens is 2. The van der Waals surface area contributed by atoms with Gasteiger partial charge in [-0.15, -0.1) is 0 Å². The maximum absolute atomic E-state index is 13.2. The van der Waals surface area contributed by atoms with Gasteiger partial charge in [0.05, 0.1) is 12.2 Å². The molecule has 3 heterocycles. The Morgan fingerprint density at radius 2 is 2.10 bits per heavy atom. The van der Waals surface area contributed by atoms with Crippen molar-refractivity contribution >= 4 is 5.91 Å². The Balaban J connectivity index is 1.99. The highest BCUT2D eigenvalue weighted by atomic mass is 19.4. The average molecular weight is 306 g/mol. The van der Waals surface area contributed by atoms with Gasteiger partial charge < -0.3 is 14.8 Å². The van der Waals surface area contributed by atoms with Crippen molar-refractivity contribution in [2.75, 3.05) is 19.6 Å². The minimum absolute atomic E-state index is 0.0834. The third-order valence-corrected chi connectivity index (χ3v) is 3.75. The van der Waals surface area contributed by atoms with Crippen molar-refractivity contribution in [2.45, 2.75) is 31.9 Å². The second-order valence-corrected chi connectivity index (χ2v) is 5.19. The molecule has 0 saturated carbocycles. The van der Waals surface area contributed by atoms with Gasteiger partial charge in [0.25, 0.3) is 5.91 Å². The summed E-state index contributed by atoms with van der Waals surface area (Å²) >= 11 is 0. The van der Waals surface area contributed by atoms with Crippen LogP contribution in [0.15, 0.2) is 0 Å². The molecule has 0 unspecified atom stereocenters. The van der Waals surface area contributed by atoms with E-state index in [1.54, 1.807) is 0 Å².